The van der Waals surface area contributed by atoms with Gasteiger partial charge in [0.15, 0.2) is 11.5 Å². The van der Waals surface area contributed by atoms with Crippen LogP contribution in [0.4, 0.5) is 0 Å². The van der Waals surface area contributed by atoms with E-state index in [1.807, 2.05) is 36.4 Å². The number of hydrogen-bond acceptors (Lipinski definition) is 6. The molecule has 0 bridgehead atoms. The molecule has 0 saturated carbocycles. The Labute approximate surface area is 178 Å². The molecule has 0 aliphatic carbocycles. The number of aromatic nitrogens is 2. The van der Waals surface area contributed by atoms with E-state index in [2.05, 4.69) is 15.1 Å². The first kappa shape index (κ1) is 18.7. The van der Waals surface area contributed by atoms with Crippen molar-refractivity contribution in [1.82, 2.24) is 15.0 Å². The van der Waals surface area contributed by atoms with Gasteiger partial charge >= 0.3 is 5.91 Å². The van der Waals surface area contributed by atoms with Crippen molar-refractivity contribution < 1.29 is 14.3 Å². The van der Waals surface area contributed by atoms with Crippen LogP contribution in [0.15, 0.2) is 94.8 Å². The standard InChI is InChI=1S/C24H18N4O3/c29-21-9-2-1-7-17(21)20-14-19(16-6-5-12-25-15-16)27-28(20)24(30)23-11-10-22(31-23)18-8-3-4-13-26-18/h1-13,15,20,29H,14H2. The van der Waals surface area contributed by atoms with E-state index in [9.17, 15) is 9.90 Å². The van der Waals surface area contributed by atoms with Gasteiger partial charge in [-0.1, -0.05) is 30.3 Å². The first-order valence-corrected chi connectivity index (χ1v) is 9.81. The topological polar surface area (TPSA) is 91.8 Å². The number of rotatable bonds is 4. The van der Waals surface area contributed by atoms with Crippen molar-refractivity contribution in [3.05, 3.63) is 102 Å². The van der Waals surface area contributed by atoms with Gasteiger partial charge in [-0.05, 0) is 36.4 Å². The summed E-state index contributed by atoms with van der Waals surface area (Å²) in [5.74, 6) is 0.367. The smallest absolute Gasteiger partial charge is 0.310 e. The van der Waals surface area contributed by atoms with Gasteiger partial charge in [-0.25, -0.2) is 5.01 Å². The molecule has 0 spiro atoms. The van der Waals surface area contributed by atoms with Crippen LogP contribution in [0.3, 0.4) is 0 Å². The maximum absolute atomic E-state index is 13.4. The van der Waals surface area contributed by atoms with Gasteiger partial charge in [0.25, 0.3) is 0 Å². The molecular formula is C24H18N4O3. The molecule has 7 heteroatoms. The van der Waals surface area contributed by atoms with Crippen molar-refractivity contribution in [2.45, 2.75) is 12.5 Å². The molecule has 5 rings (SSSR count). The van der Waals surface area contributed by atoms with E-state index in [-0.39, 0.29) is 11.5 Å². The Morgan fingerprint density at radius 2 is 1.87 bits per heavy atom. The number of hydrazone groups is 1. The molecule has 31 heavy (non-hydrogen) atoms. The Morgan fingerprint density at radius 1 is 1.00 bits per heavy atom. The van der Waals surface area contributed by atoms with Crippen molar-refractivity contribution in [2.24, 2.45) is 5.10 Å². The minimum Gasteiger partial charge on any atom is -0.508 e. The molecule has 0 saturated heterocycles. The van der Waals surface area contributed by atoms with E-state index >= 15 is 0 Å². The highest BCUT2D eigenvalue weighted by atomic mass is 16.4. The number of nitrogens with zero attached hydrogens (tertiary/aromatic N) is 4. The molecule has 1 aliphatic rings. The predicted molar refractivity (Wildman–Crippen MR) is 114 cm³/mol. The van der Waals surface area contributed by atoms with E-state index in [1.54, 1.807) is 48.9 Å². The highest BCUT2D eigenvalue weighted by molar-refractivity contribution is 6.04. The molecule has 1 unspecified atom stereocenters. The number of para-hydroxylation sites is 1. The number of hydrogen-bond donors (Lipinski definition) is 1. The van der Waals surface area contributed by atoms with Crippen LogP contribution in [-0.4, -0.2) is 31.7 Å². The van der Waals surface area contributed by atoms with E-state index in [0.29, 0.717) is 29.2 Å². The van der Waals surface area contributed by atoms with Gasteiger partial charge in [0.2, 0.25) is 0 Å². The highest BCUT2D eigenvalue weighted by Crippen LogP contribution is 2.38. The molecule has 1 aliphatic heterocycles. The Morgan fingerprint density at radius 3 is 2.65 bits per heavy atom. The Balaban J connectivity index is 1.52. The fourth-order valence-corrected chi connectivity index (χ4v) is 3.63. The van der Waals surface area contributed by atoms with Crippen LogP contribution in [0.1, 0.15) is 34.1 Å². The molecule has 152 valence electrons. The summed E-state index contributed by atoms with van der Waals surface area (Å²) in [6.07, 6.45) is 5.51. The molecule has 7 nitrogen and oxygen atoms in total. The fourth-order valence-electron chi connectivity index (χ4n) is 3.63. The lowest BCUT2D eigenvalue weighted by Crippen LogP contribution is -2.26. The first-order chi connectivity index (χ1) is 15.2. The van der Waals surface area contributed by atoms with Crippen molar-refractivity contribution in [3.8, 4) is 17.2 Å². The maximum atomic E-state index is 13.4. The molecule has 4 heterocycles. The zero-order valence-electron chi connectivity index (χ0n) is 16.4. The van der Waals surface area contributed by atoms with E-state index in [4.69, 9.17) is 4.42 Å². The van der Waals surface area contributed by atoms with Crippen LogP contribution in [0.25, 0.3) is 11.5 Å². The number of amides is 1. The number of pyridine rings is 2. The summed E-state index contributed by atoms with van der Waals surface area (Å²) >= 11 is 0. The maximum Gasteiger partial charge on any atom is 0.310 e. The second kappa shape index (κ2) is 7.87. The fraction of sp³-hybridized carbons (Fsp3) is 0.0833. The molecule has 1 N–H and O–H groups in total. The summed E-state index contributed by atoms with van der Waals surface area (Å²) in [6, 6.07) is 19.0. The quantitative estimate of drug-likeness (QED) is 0.537. The second-order valence-corrected chi connectivity index (χ2v) is 7.10. The van der Waals surface area contributed by atoms with Gasteiger partial charge < -0.3 is 9.52 Å². The monoisotopic (exact) mass is 410 g/mol. The van der Waals surface area contributed by atoms with Crippen molar-refractivity contribution in [3.63, 3.8) is 0 Å². The van der Waals surface area contributed by atoms with Gasteiger partial charge in [0.05, 0.1) is 11.8 Å². The van der Waals surface area contributed by atoms with E-state index < -0.39 is 11.9 Å². The number of carbonyl (C=O) groups excluding carboxylic acids is 1. The number of phenolic OH excluding ortho intramolecular Hbond substituents is 1. The lowest BCUT2D eigenvalue weighted by molar-refractivity contribution is 0.0678. The van der Waals surface area contributed by atoms with E-state index in [0.717, 1.165) is 5.56 Å². The van der Waals surface area contributed by atoms with Crippen LogP contribution in [-0.2, 0) is 0 Å². The number of furan rings is 1. The van der Waals surface area contributed by atoms with Gasteiger partial charge in [0.1, 0.15) is 11.4 Å². The first-order valence-electron chi connectivity index (χ1n) is 9.81. The number of phenols is 1. The van der Waals surface area contributed by atoms with Gasteiger partial charge in [-0.15, -0.1) is 0 Å². The third-order valence-corrected chi connectivity index (χ3v) is 5.14. The molecule has 0 radical (unpaired) electrons. The summed E-state index contributed by atoms with van der Waals surface area (Å²) in [5.41, 5.74) is 2.80. The number of carbonyl (C=O) groups is 1. The minimum absolute atomic E-state index is 0.113. The zero-order valence-corrected chi connectivity index (χ0v) is 16.4. The number of benzene rings is 1. The highest BCUT2D eigenvalue weighted by Gasteiger charge is 2.36. The van der Waals surface area contributed by atoms with Crippen molar-refractivity contribution in [1.29, 1.82) is 0 Å². The molecular weight excluding hydrogens is 392 g/mol. The van der Waals surface area contributed by atoms with Crippen LogP contribution < -0.4 is 0 Å². The van der Waals surface area contributed by atoms with E-state index in [1.165, 1.54) is 5.01 Å². The van der Waals surface area contributed by atoms with Crippen LogP contribution >= 0.6 is 0 Å². The van der Waals surface area contributed by atoms with Crippen LogP contribution in [0, 0.1) is 0 Å². The predicted octanol–water partition coefficient (Wildman–Crippen LogP) is 4.43. The Kier molecular flexibility index (Phi) is 4.76. The molecule has 3 aromatic heterocycles. The third-order valence-electron chi connectivity index (χ3n) is 5.14. The summed E-state index contributed by atoms with van der Waals surface area (Å²) in [5, 5.41) is 16.4. The SMILES string of the molecule is O=C(c1ccc(-c2ccccn2)o1)N1N=C(c2cccnc2)CC1c1ccccc1O. The van der Waals surface area contributed by atoms with Crippen LogP contribution in [0.2, 0.25) is 0 Å². The van der Waals surface area contributed by atoms with Crippen molar-refractivity contribution >= 4 is 11.6 Å². The average Bonchev–Trinajstić information content (AvgIpc) is 3.48. The van der Waals surface area contributed by atoms with Gasteiger partial charge in [-0.3, -0.25) is 14.8 Å². The molecule has 4 aromatic rings. The molecule has 0 fully saturated rings. The molecule has 1 atom stereocenters. The lowest BCUT2D eigenvalue weighted by atomic mass is 9.98. The molecule has 1 amide bonds. The average molecular weight is 410 g/mol. The van der Waals surface area contributed by atoms with Crippen LogP contribution in [0.5, 0.6) is 5.75 Å². The summed E-state index contributed by atoms with van der Waals surface area (Å²) < 4.78 is 5.80. The Hall–Kier alpha value is -4.26. The normalized spacial score (nSPS) is 15.7. The minimum atomic E-state index is -0.465. The van der Waals surface area contributed by atoms with Gasteiger partial charge in [-0.2, -0.15) is 5.10 Å². The second-order valence-electron chi connectivity index (χ2n) is 7.10. The van der Waals surface area contributed by atoms with Gasteiger partial charge in [0, 0.05) is 36.1 Å². The summed E-state index contributed by atoms with van der Waals surface area (Å²) in [4.78, 5) is 21.8. The lowest BCUT2D eigenvalue weighted by Gasteiger charge is -2.21. The zero-order chi connectivity index (χ0) is 21.2. The summed E-state index contributed by atoms with van der Waals surface area (Å²) in [6.45, 7) is 0. The summed E-state index contributed by atoms with van der Waals surface area (Å²) in [7, 11) is 0. The number of aromatic hydroxyl groups is 1. The largest absolute Gasteiger partial charge is 0.508 e. The third kappa shape index (κ3) is 3.57. The van der Waals surface area contributed by atoms with Crippen molar-refractivity contribution in [2.75, 3.05) is 0 Å². The molecule has 1 aromatic carbocycles. The Bertz CT molecular complexity index is 1250.